The summed E-state index contributed by atoms with van der Waals surface area (Å²) in [5.74, 6) is -1.64. The van der Waals surface area contributed by atoms with Crippen LogP contribution in [-0.2, 0) is 19.1 Å². The SMILES string of the molecule is C[C@@]12/C=C\CCCCOC(=O)[C@@H]1[C@H]1C(=O)N(CCCCCO)C3C(=O)N(C4CCCCC4)CC=C[C@@]31S2. The number of cyclic esters (lactones) is 1. The van der Waals surface area contributed by atoms with Crippen molar-refractivity contribution in [3.05, 3.63) is 24.3 Å². The summed E-state index contributed by atoms with van der Waals surface area (Å²) in [6, 6.07) is -0.417. The second-order valence-corrected chi connectivity index (χ2v) is 13.4. The third-order valence-corrected chi connectivity index (χ3v) is 10.9. The molecule has 0 aromatic carbocycles. The Hall–Kier alpha value is -1.80. The van der Waals surface area contributed by atoms with Crippen molar-refractivity contribution >= 4 is 29.5 Å². The van der Waals surface area contributed by atoms with E-state index in [9.17, 15) is 19.5 Å². The number of amides is 2. The fraction of sp³-hybridized carbons (Fsp3) is 0.759. The van der Waals surface area contributed by atoms with Crippen molar-refractivity contribution in [1.29, 1.82) is 0 Å². The molecule has 2 saturated heterocycles. The molecule has 204 valence electrons. The zero-order valence-corrected chi connectivity index (χ0v) is 22.9. The summed E-state index contributed by atoms with van der Waals surface area (Å²) in [6.45, 7) is 3.57. The van der Waals surface area contributed by atoms with E-state index >= 15 is 0 Å². The van der Waals surface area contributed by atoms with Crippen LogP contribution in [0.4, 0.5) is 0 Å². The predicted molar refractivity (Wildman–Crippen MR) is 144 cm³/mol. The number of nitrogens with zero attached hydrogens (tertiary/aromatic N) is 2. The van der Waals surface area contributed by atoms with Crippen molar-refractivity contribution < 1.29 is 24.2 Å². The van der Waals surface area contributed by atoms with Gasteiger partial charge in [-0.3, -0.25) is 14.4 Å². The average molecular weight is 531 g/mol. The summed E-state index contributed by atoms with van der Waals surface area (Å²) in [7, 11) is 0. The lowest BCUT2D eigenvalue weighted by molar-refractivity contribution is -0.154. The Balaban J connectivity index is 1.55. The Morgan fingerprint density at radius 1 is 0.973 bits per heavy atom. The van der Waals surface area contributed by atoms with Crippen LogP contribution in [0.2, 0.25) is 0 Å². The molecular weight excluding hydrogens is 488 g/mol. The van der Waals surface area contributed by atoms with Gasteiger partial charge in [-0.25, -0.2) is 0 Å². The highest BCUT2D eigenvalue weighted by molar-refractivity contribution is 8.02. The van der Waals surface area contributed by atoms with Crippen molar-refractivity contribution in [3.8, 4) is 0 Å². The first kappa shape index (κ1) is 26.8. The van der Waals surface area contributed by atoms with Gasteiger partial charge in [-0.15, -0.1) is 11.8 Å². The van der Waals surface area contributed by atoms with Crippen LogP contribution in [0.15, 0.2) is 24.3 Å². The van der Waals surface area contributed by atoms with Gasteiger partial charge < -0.3 is 19.6 Å². The van der Waals surface area contributed by atoms with E-state index in [1.807, 2.05) is 11.8 Å². The van der Waals surface area contributed by atoms with E-state index < -0.39 is 27.4 Å². The summed E-state index contributed by atoms with van der Waals surface area (Å²) in [5, 5.41) is 9.25. The first-order chi connectivity index (χ1) is 17.9. The molecule has 1 N–H and O–H groups in total. The van der Waals surface area contributed by atoms with Crippen molar-refractivity contribution in [2.75, 3.05) is 26.3 Å². The van der Waals surface area contributed by atoms with E-state index in [0.717, 1.165) is 57.8 Å². The molecule has 0 aromatic heterocycles. The van der Waals surface area contributed by atoms with Gasteiger partial charge in [0.1, 0.15) is 6.04 Å². The van der Waals surface area contributed by atoms with Crippen LogP contribution >= 0.6 is 11.8 Å². The molecule has 3 fully saturated rings. The number of carbonyl (C=O) groups excluding carboxylic acids is 3. The second kappa shape index (κ2) is 11.1. The summed E-state index contributed by atoms with van der Waals surface area (Å²) >= 11 is 1.63. The molecule has 1 unspecified atom stereocenters. The fourth-order valence-electron chi connectivity index (χ4n) is 7.35. The molecule has 4 aliphatic heterocycles. The van der Waals surface area contributed by atoms with Crippen LogP contribution in [-0.4, -0.2) is 80.6 Å². The molecule has 8 heteroatoms. The minimum Gasteiger partial charge on any atom is -0.465 e. The van der Waals surface area contributed by atoms with Crippen LogP contribution in [0.25, 0.3) is 0 Å². The minimum atomic E-state index is -0.800. The molecule has 0 radical (unpaired) electrons. The number of unbranched alkanes of at least 4 members (excludes halogenated alkanes) is 2. The number of aliphatic hydroxyl groups is 1. The maximum Gasteiger partial charge on any atom is 0.311 e. The van der Waals surface area contributed by atoms with Gasteiger partial charge in [-0.2, -0.15) is 0 Å². The van der Waals surface area contributed by atoms with Gasteiger partial charge in [-0.05, 0) is 58.3 Å². The molecule has 37 heavy (non-hydrogen) atoms. The number of thioether (sulfide) groups is 1. The molecule has 0 bridgehead atoms. The standard InChI is InChI=1S/C29H42N2O5S/c1-28-15-8-2-3-11-20-36-27(35)23(28)22-25(33)31(17-9-5-10-19-32)24-26(34)30(21-13-6-4-7-14-21)18-12-16-29(22,24)37-28/h8,12,15-16,21-24,32H,2-7,9-11,13-14,17-20H2,1H3/b15-8-/t22-,23-,24?,28+,29-/m0/s1. The van der Waals surface area contributed by atoms with Gasteiger partial charge >= 0.3 is 5.97 Å². The van der Waals surface area contributed by atoms with E-state index in [1.165, 1.54) is 6.42 Å². The topological polar surface area (TPSA) is 87.1 Å². The first-order valence-electron chi connectivity index (χ1n) is 14.4. The summed E-state index contributed by atoms with van der Waals surface area (Å²) < 4.78 is 4.32. The Bertz CT molecular complexity index is 947. The zero-order valence-electron chi connectivity index (χ0n) is 22.1. The summed E-state index contributed by atoms with van der Waals surface area (Å²) in [4.78, 5) is 46.1. The maximum absolute atomic E-state index is 14.5. The minimum absolute atomic E-state index is 0.0343. The highest BCUT2D eigenvalue weighted by Crippen LogP contribution is 2.65. The van der Waals surface area contributed by atoms with Gasteiger partial charge in [0.15, 0.2) is 0 Å². The molecule has 5 rings (SSSR count). The fourth-order valence-corrected chi connectivity index (χ4v) is 9.50. The number of rotatable bonds is 6. The summed E-state index contributed by atoms with van der Waals surface area (Å²) in [6.07, 6.45) is 18.8. The zero-order chi connectivity index (χ0) is 26.0. The van der Waals surface area contributed by atoms with E-state index in [4.69, 9.17) is 4.74 Å². The maximum atomic E-state index is 14.5. The first-order valence-corrected chi connectivity index (χ1v) is 15.2. The molecule has 1 aliphatic carbocycles. The van der Waals surface area contributed by atoms with Gasteiger partial charge in [0.2, 0.25) is 11.8 Å². The van der Waals surface area contributed by atoms with E-state index in [2.05, 4.69) is 24.3 Å². The molecule has 4 heterocycles. The van der Waals surface area contributed by atoms with E-state index in [-0.39, 0.29) is 30.4 Å². The number of aliphatic hydroxyl groups excluding tert-OH is 1. The number of fused-ring (bicyclic) bond motifs is 2. The van der Waals surface area contributed by atoms with Crippen LogP contribution in [0.5, 0.6) is 0 Å². The Labute approximate surface area is 225 Å². The molecule has 0 aromatic rings. The van der Waals surface area contributed by atoms with Crippen molar-refractivity contribution in [2.45, 2.75) is 99.1 Å². The highest BCUT2D eigenvalue weighted by atomic mass is 32.2. The average Bonchev–Trinajstić information content (AvgIpc) is 3.21. The Kier molecular flexibility index (Phi) is 8.06. The number of hydrogen-bond acceptors (Lipinski definition) is 6. The molecule has 2 amide bonds. The van der Waals surface area contributed by atoms with Gasteiger partial charge in [-0.1, -0.05) is 43.6 Å². The second-order valence-electron chi connectivity index (χ2n) is 11.6. The van der Waals surface area contributed by atoms with Gasteiger partial charge in [0, 0.05) is 30.5 Å². The highest BCUT2D eigenvalue weighted by Gasteiger charge is 2.73. The lowest BCUT2D eigenvalue weighted by Crippen LogP contribution is -2.55. The lowest BCUT2D eigenvalue weighted by atomic mass is 9.74. The number of allylic oxidation sites excluding steroid dienone is 1. The van der Waals surface area contributed by atoms with Crippen molar-refractivity contribution in [1.82, 2.24) is 9.80 Å². The van der Waals surface area contributed by atoms with E-state index in [0.29, 0.717) is 26.1 Å². The van der Waals surface area contributed by atoms with Crippen LogP contribution in [0, 0.1) is 11.8 Å². The Morgan fingerprint density at radius 2 is 1.78 bits per heavy atom. The number of hydrogen-bond donors (Lipinski definition) is 1. The van der Waals surface area contributed by atoms with E-state index in [1.54, 1.807) is 16.7 Å². The number of carbonyl (C=O) groups is 3. The quantitative estimate of drug-likeness (QED) is 0.319. The molecule has 7 nitrogen and oxygen atoms in total. The van der Waals surface area contributed by atoms with Crippen LogP contribution in [0.1, 0.15) is 77.6 Å². The van der Waals surface area contributed by atoms with Crippen LogP contribution < -0.4 is 0 Å². The number of esters is 1. The smallest absolute Gasteiger partial charge is 0.311 e. The predicted octanol–water partition coefficient (Wildman–Crippen LogP) is 3.85. The number of ether oxygens (including phenoxy) is 1. The van der Waals surface area contributed by atoms with Crippen molar-refractivity contribution in [2.24, 2.45) is 11.8 Å². The summed E-state index contributed by atoms with van der Waals surface area (Å²) in [5.41, 5.74) is 0. The van der Waals surface area contributed by atoms with Crippen LogP contribution in [0.3, 0.4) is 0 Å². The molecule has 5 atom stereocenters. The molecule has 5 aliphatic rings. The Morgan fingerprint density at radius 3 is 2.57 bits per heavy atom. The number of likely N-dealkylation sites (tertiary alicyclic amines) is 1. The third kappa shape index (κ3) is 4.77. The van der Waals surface area contributed by atoms with Crippen molar-refractivity contribution in [3.63, 3.8) is 0 Å². The van der Waals surface area contributed by atoms with Gasteiger partial charge in [0.25, 0.3) is 0 Å². The molecule has 1 spiro atoms. The third-order valence-electron chi connectivity index (χ3n) is 9.10. The monoisotopic (exact) mass is 530 g/mol. The lowest BCUT2D eigenvalue weighted by Gasteiger charge is -2.40. The largest absolute Gasteiger partial charge is 0.465 e. The van der Waals surface area contributed by atoms with Gasteiger partial charge in [0.05, 0.1) is 23.2 Å². The normalized spacial score (nSPS) is 37.6. The molecule has 1 saturated carbocycles. The molecular formula is C29H42N2O5S.